The van der Waals surface area contributed by atoms with Gasteiger partial charge in [0.15, 0.2) is 0 Å². The van der Waals surface area contributed by atoms with Crippen molar-refractivity contribution >= 4 is 5.91 Å². The van der Waals surface area contributed by atoms with Gasteiger partial charge in [-0.2, -0.15) is 0 Å². The van der Waals surface area contributed by atoms with Crippen LogP contribution in [-0.4, -0.2) is 29.9 Å². The van der Waals surface area contributed by atoms with Crippen molar-refractivity contribution in [1.82, 2.24) is 10.2 Å². The van der Waals surface area contributed by atoms with Crippen LogP contribution in [0.1, 0.15) is 57.1 Å². The Kier molecular flexibility index (Phi) is 5.30. The first-order valence-corrected chi connectivity index (χ1v) is 10.8. The molecule has 0 bridgehead atoms. The zero-order chi connectivity index (χ0) is 19.0. The summed E-state index contributed by atoms with van der Waals surface area (Å²) in [5.41, 5.74) is 8.62. The molecule has 1 aromatic carbocycles. The first kappa shape index (κ1) is 18.9. The van der Waals surface area contributed by atoms with E-state index in [4.69, 9.17) is 5.73 Å². The largest absolute Gasteiger partial charge is 0.369 e. The number of primary amides is 1. The summed E-state index contributed by atoms with van der Waals surface area (Å²) in [4.78, 5) is 13.7. The van der Waals surface area contributed by atoms with Gasteiger partial charge in [0.1, 0.15) is 0 Å². The lowest BCUT2D eigenvalue weighted by Gasteiger charge is -2.56. The number of nitrogens with one attached hydrogen (secondary N) is 1. The van der Waals surface area contributed by atoms with E-state index in [1.807, 2.05) is 0 Å². The minimum atomic E-state index is -0.134. The van der Waals surface area contributed by atoms with Crippen LogP contribution in [0.25, 0.3) is 0 Å². The molecule has 4 heteroatoms. The van der Waals surface area contributed by atoms with Crippen molar-refractivity contribution in [3.05, 3.63) is 35.4 Å². The van der Waals surface area contributed by atoms with E-state index in [9.17, 15) is 4.79 Å². The maximum Gasteiger partial charge on any atom is 0.220 e. The van der Waals surface area contributed by atoms with E-state index in [1.165, 1.54) is 30.4 Å². The van der Waals surface area contributed by atoms with Crippen LogP contribution in [-0.2, 0) is 17.9 Å². The molecule has 3 fully saturated rings. The van der Waals surface area contributed by atoms with Gasteiger partial charge in [0.2, 0.25) is 5.91 Å². The molecule has 4 rings (SSSR count). The number of benzene rings is 1. The molecule has 0 radical (unpaired) electrons. The SMILES string of the molecule is CC1(C)C(NCc2ccc(CN3CCC(C(N)=O)CC3)cc2)[C@@H]2CCC[C@@H]21. The topological polar surface area (TPSA) is 58.4 Å². The van der Waals surface area contributed by atoms with Crippen LogP contribution >= 0.6 is 0 Å². The second-order valence-corrected chi connectivity index (χ2v) is 9.65. The maximum absolute atomic E-state index is 11.3. The Hall–Kier alpha value is -1.39. The minimum Gasteiger partial charge on any atom is -0.369 e. The number of nitrogens with two attached hydrogens (primary N) is 1. The fraction of sp³-hybridized carbons (Fsp3) is 0.696. The molecule has 2 saturated carbocycles. The summed E-state index contributed by atoms with van der Waals surface area (Å²) in [5, 5.41) is 3.86. The number of carbonyl (C=O) groups excluding carboxylic acids is 1. The number of amides is 1. The van der Waals surface area contributed by atoms with Crippen molar-refractivity contribution in [3.8, 4) is 0 Å². The predicted octanol–water partition coefficient (Wildman–Crippen LogP) is 3.30. The molecule has 3 N–H and O–H groups in total. The Labute approximate surface area is 163 Å². The van der Waals surface area contributed by atoms with Crippen LogP contribution in [0, 0.1) is 23.2 Å². The molecule has 0 aromatic heterocycles. The average Bonchev–Trinajstić information content (AvgIpc) is 3.10. The Morgan fingerprint density at radius 2 is 1.78 bits per heavy atom. The van der Waals surface area contributed by atoms with E-state index in [2.05, 4.69) is 48.3 Å². The molecule has 3 atom stereocenters. The van der Waals surface area contributed by atoms with Gasteiger partial charge in [-0.15, -0.1) is 0 Å². The van der Waals surface area contributed by atoms with Crippen molar-refractivity contribution in [1.29, 1.82) is 0 Å². The fourth-order valence-corrected chi connectivity index (χ4v) is 6.01. The highest BCUT2D eigenvalue weighted by Gasteiger charge is 2.57. The number of nitrogens with zero attached hydrogens (tertiary/aromatic N) is 1. The Bertz CT molecular complexity index is 661. The zero-order valence-electron chi connectivity index (χ0n) is 16.9. The number of likely N-dealkylation sites (tertiary alicyclic amines) is 1. The zero-order valence-corrected chi connectivity index (χ0v) is 16.9. The highest BCUT2D eigenvalue weighted by atomic mass is 16.1. The standard InChI is InChI=1S/C23H35N3O/c1-23(2)20-5-3-4-19(20)21(23)25-14-16-6-8-17(9-7-16)15-26-12-10-18(11-13-26)22(24)27/h6-9,18-21,25H,3-5,10-15H2,1-2H3,(H2,24,27)/t19-,20+,21?/m1/s1. The number of carbonyl (C=O) groups is 1. The van der Waals surface area contributed by atoms with Crippen LogP contribution in [0.2, 0.25) is 0 Å². The second kappa shape index (κ2) is 7.56. The molecule has 1 unspecified atom stereocenters. The average molecular weight is 370 g/mol. The lowest BCUT2D eigenvalue weighted by Crippen LogP contribution is -2.61. The van der Waals surface area contributed by atoms with Crippen molar-refractivity contribution < 1.29 is 4.79 Å². The number of fused-ring (bicyclic) bond motifs is 1. The van der Waals surface area contributed by atoms with Gasteiger partial charge in [-0.05, 0) is 67.2 Å². The molecule has 2 aliphatic carbocycles. The third kappa shape index (κ3) is 3.79. The summed E-state index contributed by atoms with van der Waals surface area (Å²) < 4.78 is 0. The van der Waals surface area contributed by atoms with Crippen molar-refractivity contribution in [2.24, 2.45) is 28.9 Å². The van der Waals surface area contributed by atoms with Gasteiger partial charge < -0.3 is 11.1 Å². The van der Waals surface area contributed by atoms with E-state index in [1.54, 1.807) is 0 Å². The lowest BCUT2D eigenvalue weighted by atomic mass is 9.53. The van der Waals surface area contributed by atoms with Crippen molar-refractivity contribution in [2.45, 2.75) is 65.1 Å². The van der Waals surface area contributed by atoms with Crippen LogP contribution in [0.4, 0.5) is 0 Å². The number of hydrogen-bond donors (Lipinski definition) is 2. The van der Waals surface area contributed by atoms with Gasteiger partial charge >= 0.3 is 0 Å². The highest BCUT2D eigenvalue weighted by molar-refractivity contribution is 5.76. The molecule has 1 aliphatic heterocycles. The fourth-order valence-electron chi connectivity index (χ4n) is 6.01. The molecule has 27 heavy (non-hydrogen) atoms. The second-order valence-electron chi connectivity index (χ2n) is 9.65. The monoisotopic (exact) mass is 369 g/mol. The molecule has 1 heterocycles. The number of hydrogen-bond acceptors (Lipinski definition) is 3. The van der Waals surface area contributed by atoms with Gasteiger partial charge in [-0.3, -0.25) is 9.69 Å². The minimum absolute atomic E-state index is 0.0740. The normalized spacial score (nSPS) is 30.7. The third-order valence-corrected chi connectivity index (χ3v) is 7.70. The third-order valence-electron chi connectivity index (χ3n) is 7.70. The smallest absolute Gasteiger partial charge is 0.220 e. The lowest BCUT2D eigenvalue weighted by molar-refractivity contribution is -0.123. The molecular weight excluding hydrogens is 334 g/mol. The van der Waals surface area contributed by atoms with Crippen LogP contribution in [0.15, 0.2) is 24.3 Å². The van der Waals surface area contributed by atoms with Gasteiger partial charge in [0.05, 0.1) is 0 Å². The van der Waals surface area contributed by atoms with Crippen LogP contribution in [0.3, 0.4) is 0 Å². The first-order valence-electron chi connectivity index (χ1n) is 10.8. The molecule has 1 aromatic rings. The van der Waals surface area contributed by atoms with Gasteiger partial charge in [-0.1, -0.05) is 44.5 Å². The van der Waals surface area contributed by atoms with E-state index in [0.717, 1.165) is 50.9 Å². The van der Waals surface area contributed by atoms with Crippen molar-refractivity contribution in [2.75, 3.05) is 13.1 Å². The van der Waals surface area contributed by atoms with Crippen LogP contribution in [0.5, 0.6) is 0 Å². The number of piperidine rings is 1. The van der Waals surface area contributed by atoms with E-state index in [0.29, 0.717) is 11.5 Å². The van der Waals surface area contributed by atoms with Gasteiger partial charge in [-0.25, -0.2) is 0 Å². The summed E-state index contributed by atoms with van der Waals surface area (Å²) in [7, 11) is 0. The van der Waals surface area contributed by atoms with Gasteiger partial charge in [0.25, 0.3) is 0 Å². The number of rotatable bonds is 6. The molecule has 1 amide bonds. The van der Waals surface area contributed by atoms with E-state index in [-0.39, 0.29) is 11.8 Å². The quantitative estimate of drug-likeness (QED) is 0.809. The van der Waals surface area contributed by atoms with Gasteiger partial charge in [0, 0.05) is 25.0 Å². The van der Waals surface area contributed by atoms with E-state index >= 15 is 0 Å². The highest BCUT2D eigenvalue weighted by Crippen LogP contribution is 2.58. The Balaban J connectivity index is 1.25. The van der Waals surface area contributed by atoms with E-state index < -0.39 is 0 Å². The summed E-state index contributed by atoms with van der Waals surface area (Å²) in [6, 6.07) is 9.76. The van der Waals surface area contributed by atoms with Crippen molar-refractivity contribution in [3.63, 3.8) is 0 Å². The summed E-state index contributed by atoms with van der Waals surface area (Å²) >= 11 is 0. The predicted molar refractivity (Wildman–Crippen MR) is 109 cm³/mol. The summed E-state index contributed by atoms with van der Waals surface area (Å²) in [5.74, 6) is 1.79. The first-order chi connectivity index (χ1) is 12.9. The molecule has 0 spiro atoms. The molecule has 3 aliphatic rings. The van der Waals surface area contributed by atoms with Crippen LogP contribution < -0.4 is 11.1 Å². The maximum atomic E-state index is 11.3. The Morgan fingerprint density at radius 3 is 2.44 bits per heavy atom. The summed E-state index contributed by atoms with van der Waals surface area (Å²) in [6.07, 6.45) is 6.06. The molecular formula is C23H35N3O. The molecule has 148 valence electrons. The molecule has 1 saturated heterocycles. The Morgan fingerprint density at radius 1 is 1.11 bits per heavy atom. The molecule has 4 nitrogen and oxygen atoms in total. The summed E-state index contributed by atoms with van der Waals surface area (Å²) in [6.45, 7) is 8.77.